The molecule has 1 saturated heterocycles. The third kappa shape index (κ3) is 5.29. The Kier molecular flexibility index (Phi) is 6.23. The minimum Gasteiger partial charge on any atom is -0.482 e. The summed E-state index contributed by atoms with van der Waals surface area (Å²) in [6.07, 6.45) is -0.182. The van der Waals surface area contributed by atoms with E-state index in [2.05, 4.69) is 10.3 Å². The van der Waals surface area contributed by atoms with Crippen LogP contribution in [0.5, 0.6) is 5.75 Å². The number of carboxylic acids is 1. The van der Waals surface area contributed by atoms with Gasteiger partial charge >= 0.3 is 12.1 Å². The third-order valence-electron chi connectivity index (χ3n) is 5.56. The Hall–Kier alpha value is -2.88. The Morgan fingerprint density at radius 3 is 2.50 bits per heavy atom. The van der Waals surface area contributed by atoms with E-state index in [1.165, 1.54) is 12.3 Å². The quantitative estimate of drug-likeness (QED) is 0.547. The van der Waals surface area contributed by atoms with Gasteiger partial charge in [-0.25, -0.2) is 14.2 Å². The zero-order valence-corrected chi connectivity index (χ0v) is 17.0. The monoisotopic (exact) mass is 454 g/mol. The van der Waals surface area contributed by atoms with Crippen LogP contribution in [0.3, 0.4) is 0 Å². The minimum absolute atomic E-state index is 0.0951. The average Bonchev–Trinajstić information content (AvgIpc) is 3.58. The summed E-state index contributed by atoms with van der Waals surface area (Å²) in [6.45, 7) is -0.768. The number of benzene rings is 1. The van der Waals surface area contributed by atoms with Gasteiger partial charge in [0.25, 0.3) is 0 Å². The van der Waals surface area contributed by atoms with Crippen molar-refractivity contribution in [2.75, 3.05) is 25.1 Å². The lowest BCUT2D eigenvalue weighted by molar-refractivity contribution is -0.153. The number of nitrogens with zero attached hydrogens (tertiary/aromatic N) is 1. The molecule has 0 radical (unpaired) electrons. The molecule has 0 bridgehead atoms. The van der Waals surface area contributed by atoms with Crippen LogP contribution < -0.4 is 10.1 Å². The molecule has 0 unspecified atom stereocenters. The topological polar surface area (TPSA) is 80.7 Å². The molecule has 1 aromatic carbocycles. The number of alkyl halides is 3. The number of hydrogen-bond acceptors (Lipinski definition) is 5. The van der Waals surface area contributed by atoms with E-state index in [1.54, 1.807) is 0 Å². The average molecular weight is 454 g/mol. The summed E-state index contributed by atoms with van der Waals surface area (Å²) in [5, 5.41) is 12.3. The highest BCUT2D eigenvalue weighted by atomic mass is 19.4. The second-order valence-electron chi connectivity index (χ2n) is 8.03. The zero-order chi connectivity index (χ0) is 22.9. The number of carbonyl (C=O) groups is 1. The van der Waals surface area contributed by atoms with Gasteiger partial charge in [-0.15, -0.1) is 0 Å². The SMILES string of the molecule is O=C(O)c1cc(C2CC2)cnc1Nc1cc(F)cc(C2CCOCC2)c1OCC(F)(F)F. The van der Waals surface area contributed by atoms with Crippen LogP contribution in [0.15, 0.2) is 24.4 Å². The van der Waals surface area contributed by atoms with Gasteiger partial charge in [-0.3, -0.25) is 0 Å². The second kappa shape index (κ2) is 8.93. The second-order valence-corrected chi connectivity index (χ2v) is 8.03. The van der Waals surface area contributed by atoms with Gasteiger partial charge in [0.1, 0.15) is 22.9 Å². The largest absolute Gasteiger partial charge is 0.482 e. The Morgan fingerprint density at radius 2 is 1.88 bits per heavy atom. The number of rotatable bonds is 7. The first-order chi connectivity index (χ1) is 15.2. The smallest absolute Gasteiger partial charge is 0.422 e. The molecule has 4 rings (SSSR count). The van der Waals surface area contributed by atoms with Gasteiger partial charge in [-0.1, -0.05) is 0 Å². The first-order valence-electron chi connectivity index (χ1n) is 10.3. The lowest BCUT2D eigenvalue weighted by Crippen LogP contribution is -2.22. The first kappa shape index (κ1) is 22.3. The van der Waals surface area contributed by atoms with Crippen molar-refractivity contribution in [3.05, 3.63) is 46.9 Å². The van der Waals surface area contributed by atoms with E-state index in [0.717, 1.165) is 30.5 Å². The molecule has 172 valence electrons. The van der Waals surface area contributed by atoms with Crippen LogP contribution in [0.2, 0.25) is 0 Å². The number of aromatic nitrogens is 1. The van der Waals surface area contributed by atoms with Crippen molar-refractivity contribution in [2.24, 2.45) is 0 Å². The summed E-state index contributed by atoms with van der Waals surface area (Å²) in [5.74, 6) is -2.19. The summed E-state index contributed by atoms with van der Waals surface area (Å²) in [7, 11) is 0. The van der Waals surface area contributed by atoms with Gasteiger partial charge in [-0.2, -0.15) is 13.2 Å². The van der Waals surface area contributed by atoms with Gasteiger partial charge in [0.15, 0.2) is 6.61 Å². The van der Waals surface area contributed by atoms with Crippen molar-refractivity contribution < 1.29 is 36.9 Å². The van der Waals surface area contributed by atoms with Crippen molar-refractivity contribution in [2.45, 2.75) is 43.7 Å². The molecule has 1 aromatic heterocycles. The summed E-state index contributed by atoms with van der Waals surface area (Å²) >= 11 is 0. The van der Waals surface area contributed by atoms with E-state index in [-0.39, 0.29) is 40.2 Å². The summed E-state index contributed by atoms with van der Waals surface area (Å²) in [6, 6.07) is 3.63. The van der Waals surface area contributed by atoms with E-state index in [0.29, 0.717) is 26.1 Å². The van der Waals surface area contributed by atoms with Crippen molar-refractivity contribution in [3.63, 3.8) is 0 Å². The first-order valence-corrected chi connectivity index (χ1v) is 10.3. The molecule has 2 aromatic rings. The Bertz CT molecular complexity index is 1000. The number of aromatic carboxylic acids is 1. The maximum atomic E-state index is 14.5. The number of halogens is 4. The highest BCUT2D eigenvalue weighted by Gasteiger charge is 2.32. The molecule has 1 aliphatic carbocycles. The van der Waals surface area contributed by atoms with E-state index >= 15 is 0 Å². The van der Waals surface area contributed by atoms with Crippen LogP contribution in [0.4, 0.5) is 29.1 Å². The van der Waals surface area contributed by atoms with Crippen molar-refractivity contribution in [3.8, 4) is 5.75 Å². The molecule has 10 heteroatoms. The van der Waals surface area contributed by atoms with Crippen LogP contribution in [-0.4, -0.2) is 42.1 Å². The molecule has 2 fully saturated rings. The number of nitrogens with one attached hydrogen (secondary N) is 1. The lowest BCUT2D eigenvalue weighted by Gasteiger charge is -2.26. The predicted octanol–water partition coefficient (Wildman–Crippen LogP) is 5.38. The Labute approximate surface area is 181 Å². The summed E-state index contributed by atoms with van der Waals surface area (Å²) < 4.78 is 63.7. The highest BCUT2D eigenvalue weighted by molar-refractivity contribution is 5.94. The molecular weight excluding hydrogens is 432 g/mol. The maximum Gasteiger partial charge on any atom is 0.422 e. The Balaban J connectivity index is 1.73. The summed E-state index contributed by atoms with van der Waals surface area (Å²) in [5.41, 5.74) is 0.813. The minimum atomic E-state index is -4.60. The fourth-order valence-corrected chi connectivity index (χ4v) is 3.85. The fraction of sp³-hybridized carbons (Fsp3) is 0.455. The number of carboxylic acid groups (broad SMARTS) is 1. The maximum absolute atomic E-state index is 14.5. The molecular formula is C22H22F4N2O4. The number of anilines is 2. The molecule has 1 saturated carbocycles. The van der Waals surface area contributed by atoms with Gasteiger partial charge < -0.3 is 19.9 Å². The molecule has 2 N–H and O–H groups in total. The molecule has 0 spiro atoms. The lowest BCUT2D eigenvalue weighted by atomic mass is 9.90. The van der Waals surface area contributed by atoms with Crippen molar-refractivity contribution in [1.82, 2.24) is 4.98 Å². The van der Waals surface area contributed by atoms with Crippen LogP contribution in [-0.2, 0) is 4.74 Å². The van der Waals surface area contributed by atoms with Gasteiger partial charge in [0.05, 0.1) is 5.69 Å². The van der Waals surface area contributed by atoms with E-state index in [9.17, 15) is 27.5 Å². The third-order valence-corrected chi connectivity index (χ3v) is 5.56. The number of hydrogen-bond donors (Lipinski definition) is 2. The standard InChI is InChI=1S/C22H22F4N2O4/c23-15-8-16(13-3-5-31-6-4-13)19(32-11-22(24,25)26)18(9-15)28-20-17(21(29)30)7-14(10-27-20)12-1-2-12/h7-10,12-13H,1-6,11H2,(H,27,28)(H,29,30). The van der Waals surface area contributed by atoms with Crippen LogP contribution in [0.1, 0.15) is 59.0 Å². The van der Waals surface area contributed by atoms with Crippen LogP contribution in [0.25, 0.3) is 0 Å². The molecule has 6 nitrogen and oxygen atoms in total. The Morgan fingerprint density at radius 1 is 1.16 bits per heavy atom. The van der Waals surface area contributed by atoms with Crippen LogP contribution >= 0.6 is 0 Å². The number of pyridine rings is 1. The molecule has 0 atom stereocenters. The van der Waals surface area contributed by atoms with E-state index < -0.39 is 24.6 Å². The summed E-state index contributed by atoms with van der Waals surface area (Å²) in [4.78, 5) is 15.9. The normalized spacial score (nSPS) is 17.2. The van der Waals surface area contributed by atoms with Crippen LogP contribution in [0, 0.1) is 5.82 Å². The van der Waals surface area contributed by atoms with E-state index in [4.69, 9.17) is 9.47 Å². The molecule has 32 heavy (non-hydrogen) atoms. The predicted molar refractivity (Wildman–Crippen MR) is 107 cm³/mol. The van der Waals surface area contributed by atoms with Crippen molar-refractivity contribution >= 4 is 17.5 Å². The molecule has 0 amide bonds. The van der Waals surface area contributed by atoms with Gasteiger partial charge in [0.2, 0.25) is 0 Å². The fourth-order valence-electron chi connectivity index (χ4n) is 3.85. The van der Waals surface area contributed by atoms with E-state index in [1.807, 2.05) is 0 Å². The van der Waals surface area contributed by atoms with Crippen molar-refractivity contribution in [1.29, 1.82) is 0 Å². The van der Waals surface area contributed by atoms with Gasteiger partial charge in [-0.05, 0) is 55.2 Å². The molecule has 1 aliphatic heterocycles. The molecule has 2 heterocycles. The number of ether oxygens (including phenoxy) is 2. The zero-order valence-electron chi connectivity index (χ0n) is 17.0. The van der Waals surface area contributed by atoms with Gasteiger partial charge in [0, 0.05) is 31.0 Å². The highest BCUT2D eigenvalue weighted by Crippen LogP contribution is 2.43. The molecule has 2 aliphatic rings.